The number of piperidine rings is 1. The maximum atomic E-state index is 15.0. The first-order valence-electron chi connectivity index (χ1n) is 16.5. The molecule has 3 aliphatic rings. The predicted molar refractivity (Wildman–Crippen MR) is 179 cm³/mol. The van der Waals surface area contributed by atoms with Crippen molar-refractivity contribution in [2.75, 3.05) is 6.54 Å². The quantitative estimate of drug-likeness (QED) is 0.215. The van der Waals surface area contributed by atoms with E-state index >= 15 is 0 Å². The molecule has 4 aromatic carbocycles. The van der Waals surface area contributed by atoms with Gasteiger partial charge in [0.05, 0.1) is 24.2 Å². The van der Waals surface area contributed by atoms with E-state index in [1.807, 2.05) is 25.7 Å². The molecule has 7 rings (SSSR count). The van der Waals surface area contributed by atoms with Gasteiger partial charge in [-0.1, -0.05) is 113 Å². The number of rotatable bonds is 5. The van der Waals surface area contributed by atoms with Crippen molar-refractivity contribution < 1.29 is 19.1 Å². The highest BCUT2D eigenvalue weighted by molar-refractivity contribution is 5.96. The first-order chi connectivity index (χ1) is 21.4. The second-order valence-electron chi connectivity index (χ2n) is 15.4. The number of fused-ring (bicyclic) bond motifs is 4. The Bertz CT molecular complexity index is 1800. The summed E-state index contributed by atoms with van der Waals surface area (Å²) in [5.74, 6) is -0.220. The molecule has 2 saturated heterocycles. The van der Waals surface area contributed by atoms with Crippen molar-refractivity contribution in [1.82, 2.24) is 4.90 Å². The van der Waals surface area contributed by atoms with Crippen LogP contribution in [0.25, 0.3) is 21.5 Å². The van der Waals surface area contributed by atoms with Crippen LogP contribution in [0.2, 0.25) is 0 Å². The smallest absolute Gasteiger partial charge is 0.313 e. The van der Waals surface area contributed by atoms with Crippen molar-refractivity contribution in [1.29, 1.82) is 0 Å². The van der Waals surface area contributed by atoms with Gasteiger partial charge in [0.2, 0.25) is 0 Å². The minimum absolute atomic E-state index is 0.0577. The van der Waals surface area contributed by atoms with E-state index in [1.54, 1.807) is 0 Å². The van der Waals surface area contributed by atoms with Gasteiger partial charge >= 0.3 is 5.97 Å². The number of hydrogen-bond acceptors (Lipinski definition) is 4. The lowest BCUT2D eigenvalue weighted by molar-refractivity contribution is -0.184. The van der Waals surface area contributed by atoms with E-state index in [4.69, 9.17) is 9.47 Å². The lowest BCUT2D eigenvalue weighted by atomic mass is 9.65. The highest BCUT2D eigenvalue weighted by Gasteiger charge is 2.76. The number of benzene rings is 4. The Labute approximate surface area is 266 Å². The van der Waals surface area contributed by atoms with Crippen molar-refractivity contribution >= 4 is 33.4 Å². The fourth-order valence-electron chi connectivity index (χ4n) is 8.75. The third-order valence-electron chi connectivity index (χ3n) is 11.8. The summed E-state index contributed by atoms with van der Waals surface area (Å²) in [5, 5.41) is 4.82. The largest absolute Gasteiger partial charge is 0.448 e. The molecule has 1 unspecified atom stereocenters. The van der Waals surface area contributed by atoms with E-state index in [-0.39, 0.29) is 35.4 Å². The molecule has 234 valence electrons. The van der Waals surface area contributed by atoms with E-state index in [9.17, 15) is 9.59 Å². The molecule has 2 bridgehead atoms. The summed E-state index contributed by atoms with van der Waals surface area (Å²) in [6.07, 6.45) is 1.71. The molecule has 0 aromatic heterocycles. The van der Waals surface area contributed by atoms with E-state index in [2.05, 4.69) is 106 Å². The molecule has 2 heterocycles. The van der Waals surface area contributed by atoms with Crippen LogP contribution < -0.4 is 0 Å². The van der Waals surface area contributed by atoms with Gasteiger partial charge < -0.3 is 14.4 Å². The maximum Gasteiger partial charge on any atom is 0.313 e. The second kappa shape index (κ2) is 10.4. The molecule has 4 aromatic rings. The minimum Gasteiger partial charge on any atom is -0.448 e. The fourth-order valence-corrected chi connectivity index (χ4v) is 8.75. The molecule has 1 saturated carbocycles. The molecular formula is C40H45NO4. The molecular weight excluding hydrogens is 558 g/mol. The molecule has 0 spiro atoms. The van der Waals surface area contributed by atoms with Crippen molar-refractivity contribution in [2.45, 2.75) is 91.1 Å². The van der Waals surface area contributed by atoms with Crippen molar-refractivity contribution in [2.24, 2.45) is 16.2 Å². The number of nitrogens with zero attached hydrogens (tertiary/aromatic N) is 1. The highest BCUT2D eigenvalue weighted by atomic mass is 16.6. The van der Waals surface area contributed by atoms with Gasteiger partial charge in [0.1, 0.15) is 0 Å². The molecule has 5 heteroatoms. The third-order valence-corrected chi connectivity index (χ3v) is 11.8. The molecule has 45 heavy (non-hydrogen) atoms. The molecule has 1 amide bonds. The minimum atomic E-state index is -1.16. The summed E-state index contributed by atoms with van der Waals surface area (Å²) >= 11 is 0. The van der Waals surface area contributed by atoms with E-state index < -0.39 is 16.4 Å². The zero-order chi connectivity index (χ0) is 31.8. The summed E-state index contributed by atoms with van der Waals surface area (Å²) in [7, 11) is 0. The van der Waals surface area contributed by atoms with Crippen molar-refractivity contribution in [3.63, 3.8) is 0 Å². The summed E-state index contributed by atoms with van der Waals surface area (Å²) in [4.78, 5) is 30.2. The van der Waals surface area contributed by atoms with Crippen LogP contribution in [0.1, 0.15) is 77.8 Å². The van der Waals surface area contributed by atoms with Gasteiger partial charge in [-0.3, -0.25) is 9.59 Å². The molecule has 5 atom stereocenters. The van der Waals surface area contributed by atoms with Crippen LogP contribution in [0.5, 0.6) is 0 Å². The average molecular weight is 604 g/mol. The van der Waals surface area contributed by atoms with Gasteiger partial charge in [0, 0.05) is 17.9 Å². The molecule has 1 aliphatic carbocycles. The number of likely N-dealkylation sites (tertiary alicyclic amines) is 1. The average Bonchev–Trinajstić information content (AvgIpc) is 3.32. The van der Waals surface area contributed by atoms with Crippen LogP contribution >= 0.6 is 0 Å². The lowest BCUT2D eigenvalue weighted by Gasteiger charge is -2.53. The van der Waals surface area contributed by atoms with Crippen LogP contribution in [0.3, 0.4) is 0 Å². The zero-order valence-corrected chi connectivity index (χ0v) is 27.4. The number of carbonyl (C=O) groups is 2. The fraction of sp³-hybridized carbons (Fsp3) is 0.450. The molecule has 0 radical (unpaired) electrons. The van der Waals surface area contributed by atoms with Crippen LogP contribution in [0.15, 0.2) is 84.9 Å². The Morgan fingerprint density at radius 1 is 0.889 bits per heavy atom. The first kappa shape index (κ1) is 30.0. The van der Waals surface area contributed by atoms with E-state index in [0.29, 0.717) is 26.0 Å². The van der Waals surface area contributed by atoms with Gasteiger partial charge in [-0.05, 0) is 70.3 Å². The van der Waals surface area contributed by atoms with Gasteiger partial charge in [0.15, 0.2) is 5.60 Å². The summed E-state index contributed by atoms with van der Waals surface area (Å²) in [6, 6.07) is 29.7. The Balaban J connectivity index is 1.31. The number of esters is 1. The predicted octanol–water partition coefficient (Wildman–Crippen LogP) is 8.43. The van der Waals surface area contributed by atoms with Gasteiger partial charge in [-0.2, -0.15) is 0 Å². The summed E-state index contributed by atoms with van der Waals surface area (Å²) in [5.41, 5.74) is -0.359. The Morgan fingerprint density at radius 3 is 2.27 bits per heavy atom. The maximum absolute atomic E-state index is 15.0. The highest BCUT2D eigenvalue weighted by Crippen LogP contribution is 2.66. The normalized spacial score (nSPS) is 29.3. The molecule has 3 fully saturated rings. The third kappa shape index (κ3) is 4.45. The van der Waals surface area contributed by atoms with Gasteiger partial charge in [-0.25, -0.2) is 0 Å². The zero-order valence-electron chi connectivity index (χ0n) is 27.4. The SMILES string of the molecule is CC(C)(C)C1[C@H](OCc2ccc3ccccc3c2)[C@@H](c2cccc3ccccc23)CCN1C(=O)[C@@]12CC[C@@](C)(C(=O)O1)C2(C)C. The number of ether oxygens (including phenoxy) is 2. The first-order valence-corrected chi connectivity index (χ1v) is 16.5. The van der Waals surface area contributed by atoms with Crippen LogP contribution in [0, 0.1) is 16.2 Å². The topological polar surface area (TPSA) is 55.8 Å². The Kier molecular flexibility index (Phi) is 6.94. The van der Waals surface area contributed by atoms with Crippen molar-refractivity contribution in [3.05, 3.63) is 96.1 Å². The van der Waals surface area contributed by atoms with Crippen molar-refractivity contribution in [3.8, 4) is 0 Å². The monoisotopic (exact) mass is 603 g/mol. The number of hydrogen-bond donors (Lipinski definition) is 0. The van der Waals surface area contributed by atoms with E-state index in [1.165, 1.54) is 27.1 Å². The lowest BCUT2D eigenvalue weighted by Crippen LogP contribution is -2.65. The standard InChI is InChI=1S/C40H45NO4/c1-37(2,3)34-33(44-25-26-18-19-27-12-7-8-14-29(27)24-26)32(31-17-11-15-28-13-9-10-16-30(28)31)20-23-41(34)35(42)40-22-21-39(6,36(43)45-40)38(40,4)5/h7-19,24,32-34H,20-23,25H2,1-6H3/t32-,33-,34?,39+,40-/m1/s1. The summed E-state index contributed by atoms with van der Waals surface area (Å²) in [6.45, 7) is 13.7. The van der Waals surface area contributed by atoms with Gasteiger partial charge in [0.25, 0.3) is 5.91 Å². The summed E-state index contributed by atoms with van der Waals surface area (Å²) < 4.78 is 13.2. The molecule has 0 N–H and O–H groups in total. The number of carbonyl (C=O) groups excluding carboxylic acids is 2. The van der Waals surface area contributed by atoms with E-state index in [0.717, 1.165) is 12.0 Å². The van der Waals surface area contributed by atoms with Crippen LogP contribution in [-0.4, -0.2) is 41.1 Å². The second-order valence-corrected chi connectivity index (χ2v) is 15.4. The molecule has 2 aliphatic heterocycles. The van der Waals surface area contributed by atoms with Crippen LogP contribution in [0.4, 0.5) is 0 Å². The number of amides is 1. The molecule has 5 nitrogen and oxygen atoms in total. The Hall–Kier alpha value is -3.70. The Morgan fingerprint density at radius 2 is 1.58 bits per heavy atom. The van der Waals surface area contributed by atoms with Gasteiger partial charge in [-0.15, -0.1) is 0 Å². The van der Waals surface area contributed by atoms with Crippen LogP contribution in [-0.2, 0) is 25.7 Å².